The number of hydrogen-bond acceptors (Lipinski definition) is 3. The van der Waals surface area contributed by atoms with E-state index in [1.54, 1.807) is 0 Å². The van der Waals surface area contributed by atoms with Crippen molar-refractivity contribution < 1.29 is 27.9 Å². The van der Waals surface area contributed by atoms with Crippen LogP contribution in [0.4, 0.5) is 13.2 Å². The zero-order valence-electron chi connectivity index (χ0n) is 11.2. The van der Waals surface area contributed by atoms with Crippen molar-refractivity contribution in [1.82, 2.24) is 5.32 Å². The maximum Gasteiger partial charge on any atom is 0.415 e. The number of amides is 1. The van der Waals surface area contributed by atoms with E-state index in [9.17, 15) is 22.8 Å². The van der Waals surface area contributed by atoms with Crippen molar-refractivity contribution in [3.63, 3.8) is 0 Å². The zero-order valence-corrected chi connectivity index (χ0v) is 11.2. The Morgan fingerprint density at radius 3 is 2.15 bits per heavy atom. The van der Waals surface area contributed by atoms with Gasteiger partial charge in [-0.05, 0) is 38.5 Å². The minimum absolute atomic E-state index is 0.00131. The molecule has 0 aromatic heterocycles. The molecule has 20 heavy (non-hydrogen) atoms. The molecule has 1 aliphatic rings. The fourth-order valence-electron chi connectivity index (χ4n) is 2.16. The normalized spacial score (nSPS) is 26.6. The Morgan fingerprint density at radius 2 is 1.75 bits per heavy atom. The molecular formula is C12H19F3N2O3. The second kappa shape index (κ2) is 5.99. The van der Waals surface area contributed by atoms with Gasteiger partial charge >= 0.3 is 12.1 Å². The average Bonchev–Trinajstić information content (AvgIpc) is 2.34. The predicted octanol–water partition coefficient (Wildman–Crippen LogP) is 1.27. The molecular weight excluding hydrogens is 277 g/mol. The molecule has 4 N–H and O–H groups in total. The van der Waals surface area contributed by atoms with E-state index < -0.39 is 29.5 Å². The number of alkyl halides is 3. The standard InChI is InChI=1S/C12H19F3N2O3/c1-11(16,12(13,14)15)10(20)17-6-7-2-4-8(5-3-7)9(18)19/h7-8H,2-6,16H2,1H3,(H,17,20)(H,18,19). The maximum atomic E-state index is 12.5. The molecule has 0 aliphatic heterocycles. The van der Waals surface area contributed by atoms with E-state index in [2.05, 4.69) is 5.32 Å². The number of carbonyl (C=O) groups is 2. The Bertz CT molecular complexity index is 375. The molecule has 0 saturated heterocycles. The molecule has 0 spiro atoms. The summed E-state index contributed by atoms with van der Waals surface area (Å²) < 4.78 is 37.6. The van der Waals surface area contributed by atoms with Gasteiger partial charge in [0.1, 0.15) is 0 Å². The van der Waals surface area contributed by atoms with E-state index in [4.69, 9.17) is 10.8 Å². The second-order valence-corrected chi connectivity index (χ2v) is 5.47. The monoisotopic (exact) mass is 296 g/mol. The summed E-state index contributed by atoms with van der Waals surface area (Å²) in [6.07, 6.45) is -2.70. The van der Waals surface area contributed by atoms with Gasteiger partial charge in [0, 0.05) is 6.54 Å². The van der Waals surface area contributed by atoms with Crippen LogP contribution in [0.25, 0.3) is 0 Å². The summed E-state index contributed by atoms with van der Waals surface area (Å²) in [5.41, 5.74) is 2.09. The van der Waals surface area contributed by atoms with Crippen LogP contribution in [0.2, 0.25) is 0 Å². The van der Waals surface area contributed by atoms with E-state index in [1.807, 2.05) is 0 Å². The van der Waals surface area contributed by atoms with Crippen molar-refractivity contribution in [1.29, 1.82) is 0 Å². The summed E-state index contributed by atoms with van der Waals surface area (Å²) in [5.74, 6) is -2.50. The van der Waals surface area contributed by atoms with Gasteiger partial charge in [0.25, 0.3) is 0 Å². The molecule has 1 rings (SSSR count). The highest BCUT2D eigenvalue weighted by molar-refractivity contribution is 5.86. The Kier molecular flexibility index (Phi) is 5.01. The van der Waals surface area contributed by atoms with E-state index in [1.165, 1.54) is 0 Å². The second-order valence-electron chi connectivity index (χ2n) is 5.47. The van der Waals surface area contributed by atoms with Crippen LogP contribution in [0, 0.1) is 11.8 Å². The number of rotatable bonds is 4. The van der Waals surface area contributed by atoms with E-state index in [-0.39, 0.29) is 12.5 Å². The third-order valence-corrected chi connectivity index (χ3v) is 3.81. The molecule has 1 fully saturated rings. The molecule has 0 heterocycles. The van der Waals surface area contributed by atoms with Crippen molar-refractivity contribution in [2.75, 3.05) is 6.54 Å². The van der Waals surface area contributed by atoms with Crippen LogP contribution in [0.1, 0.15) is 32.6 Å². The van der Waals surface area contributed by atoms with Crippen LogP contribution in [0.3, 0.4) is 0 Å². The van der Waals surface area contributed by atoms with Crippen LogP contribution in [0.5, 0.6) is 0 Å². The molecule has 0 aromatic carbocycles. The first-order valence-electron chi connectivity index (χ1n) is 6.42. The largest absolute Gasteiger partial charge is 0.481 e. The predicted molar refractivity (Wildman–Crippen MR) is 64.7 cm³/mol. The van der Waals surface area contributed by atoms with Gasteiger partial charge in [0.15, 0.2) is 5.54 Å². The first-order valence-corrected chi connectivity index (χ1v) is 6.42. The molecule has 1 saturated carbocycles. The van der Waals surface area contributed by atoms with Gasteiger partial charge in [-0.1, -0.05) is 0 Å². The summed E-state index contributed by atoms with van der Waals surface area (Å²) in [4.78, 5) is 22.2. The van der Waals surface area contributed by atoms with Crippen LogP contribution in [-0.2, 0) is 9.59 Å². The molecule has 0 radical (unpaired) electrons. The van der Waals surface area contributed by atoms with E-state index in [0.717, 1.165) is 0 Å². The van der Waals surface area contributed by atoms with Crippen LogP contribution < -0.4 is 11.1 Å². The fourth-order valence-corrected chi connectivity index (χ4v) is 2.16. The molecule has 1 amide bonds. The average molecular weight is 296 g/mol. The Labute approximate surface area is 114 Å². The third-order valence-electron chi connectivity index (χ3n) is 3.81. The summed E-state index contributed by atoms with van der Waals surface area (Å²) in [6.45, 7) is 0.720. The summed E-state index contributed by atoms with van der Waals surface area (Å²) >= 11 is 0. The number of nitrogens with two attached hydrogens (primary N) is 1. The van der Waals surface area contributed by atoms with Gasteiger partial charge in [-0.2, -0.15) is 13.2 Å². The minimum atomic E-state index is -4.81. The summed E-state index contributed by atoms with van der Waals surface area (Å²) in [6, 6.07) is 0. The number of nitrogens with one attached hydrogen (secondary N) is 1. The molecule has 0 aromatic rings. The van der Waals surface area contributed by atoms with Gasteiger partial charge in [0.05, 0.1) is 5.92 Å². The molecule has 116 valence electrons. The van der Waals surface area contributed by atoms with Gasteiger partial charge in [-0.15, -0.1) is 0 Å². The van der Waals surface area contributed by atoms with Crippen molar-refractivity contribution in [2.24, 2.45) is 17.6 Å². The van der Waals surface area contributed by atoms with Crippen molar-refractivity contribution in [3.8, 4) is 0 Å². The highest BCUT2D eigenvalue weighted by Gasteiger charge is 2.53. The van der Waals surface area contributed by atoms with Gasteiger partial charge in [-0.25, -0.2) is 0 Å². The van der Waals surface area contributed by atoms with Crippen molar-refractivity contribution >= 4 is 11.9 Å². The van der Waals surface area contributed by atoms with Gasteiger partial charge < -0.3 is 16.2 Å². The maximum absolute atomic E-state index is 12.5. The molecule has 1 aliphatic carbocycles. The third kappa shape index (κ3) is 3.84. The summed E-state index contributed by atoms with van der Waals surface area (Å²) in [7, 11) is 0. The highest BCUT2D eigenvalue weighted by Crippen LogP contribution is 2.30. The SMILES string of the molecule is CC(N)(C(=O)NCC1CCC(C(=O)O)CC1)C(F)(F)F. The molecule has 1 atom stereocenters. The number of carbonyl (C=O) groups excluding carboxylic acids is 1. The molecule has 5 nitrogen and oxygen atoms in total. The van der Waals surface area contributed by atoms with Crippen molar-refractivity contribution in [2.45, 2.75) is 44.3 Å². The smallest absolute Gasteiger partial charge is 0.415 e. The Balaban J connectivity index is 2.42. The number of aliphatic carboxylic acids is 1. The number of carboxylic acids is 1. The lowest BCUT2D eigenvalue weighted by Gasteiger charge is -2.29. The molecule has 1 unspecified atom stereocenters. The van der Waals surface area contributed by atoms with Crippen LogP contribution in [-0.4, -0.2) is 35.2 Å². The van der Waals surface area contributed by atoms with Crippen LogP contribution >= 0.6 is 0 Å². The number of halogens is 3. The Hall–Kier alpha value is -1.31. The Morgan fingerprint density at radius 1 is 1.25 bits per heavy atom. The molecule has 0 bridgehead atoms. The van der Waals surface area contributed by atoms with E-state index in [0.29, 0.717) is 32.6 Å². The summed E-state index contributed by atoms with van der Waals surface area (Å²) in [5, 5.41) is 11.0. The lowest BCUT2D eigenvalue weighted by molar-refractivity contribution is -0.187. The lowest BCUT2D eigenvalue weighted by Crippen LogP contribution is -2.61. The van der Waals surface area contributed by atoms with Gasteiger partial charge in [-0.3, -0.25) is 9.59 Å². The van der Waals surface area contributed by atoms with Gasteiger partial charge in [0.2, 0.25) is 5.91 Å². The van der Waals surface area contributed by atoms with E-state index >= 15 is 0 Å². The minimum Gasteiger partial charge on any atom is -0.481 e. The first-order chi connectivity index (χ1) is 9.05. The fraction of sp³-hybridized carbons (Fsp3) is 0.833. The zero-order chi connectivity index (χ0) is 15.6. The number of hydrogen-bond donors (Lipinski definition) is 3. The van der Waals surface area contributed by atoms with Crippen molar-refractivity contribution in [3.05, 3.63) is 0 Å². The number of carboxylic acid groups (broad SMARTS) is 1. The topological polar surface area (TPSA) is 92.4 Å². The lowest BCUT2D eigenvalue weighted by atomic mass is 9.82. The highest BCUT2D eigenvalue weighted by atomic mass is 19.4. The quantitative estimate of drug-likeness (QED) is 0.728. The molecule has 8 heteroatoms. The first kappa shape index (κ1) is 16.7. The van der Waals surface area contributed by atoms with Crippen LogP contribution in [0.15, 0.2) is 0 Å².